The number of nitrogens with one attached hydrogen (secondary N) is 1. The average Bonchev–Trinajstić information content (AvgIpc) is 3.34. The number of carbonyl (C=O) groups is 2. The lowest BCUT2D eigenvalue weighted by Crippen LogP contribution is -2.34. The van der Waals surface area contributed by atoms with E-state index in [0.29, 0.717) is 18.5 Å². The molecule has 1 amide bonds. The highest BCUT2D eigenvalue weighted by molar-refractivity contribution is 5.96. The quantitative estimate of drug-likeness (QED) is 0.330. The van der Waals surface area contributed by atoms with Crippen molar-refractivity contribution >= 4 is 23.0 Å². The van der Waals surface area contributed by atoms with Gasteiger partial charge in [-0.25, -0.2) is 9.97 Å². The minimum absolute atomic E-state index is 0.0264. The molecule has 208 valence electrons. The van der Waals surface area contributed by atoms with Crippen LogP contribution in [0.3, 0.4) is 0 Å². The fourth-order valence-electron chi connectivity index (χ4n) is 5.20. The van der Waals surface area contributed by atoms with Crippen LogP contribution < -0.4 is 0 Å². The topological polar surface area (TPSA) is 91.4 Å². The minimum Gasteiger partial charge on any atom is -0.460 e. The van der Waals surface area contributed by atoms with Crippen LogP contribution in [0, 0.1) is 6.92 Å². The SMILES string of the molecule is Cc1cc(-c2cnc3[nH]cc(-c4ccc(C(=O)N(C)C)cc4)c3n2)cc2c1CN(CCC(=O)OC(C)(C)C)CC2. The van der Waals surface area contributed by atoms with Gasteiger partial charge in [-0.15, -0.1) is 0 Å². The number of nitrogens with zero attached hydrogens (tertiary/aromatic N) is 4. The van der Waals surface area contributed by atoms with Crippen molar-refractivity contribution in [1.29, 1.82) is 0 Å². The van der Waals surface area contributed by atoms with Gasteiger partial charge in [-0.05, 0) is 80.6 Å². The molecule has 0 atom stereocenters. The maximum atomic E-state index is 12.3. The molecule has 40 heavy (non-hydrogen) atoms. The maximum Gasteiger partial charge on any atom is 0.307 e. The zero-order valence-electron chi connectivity index (χ0n) is 24.2. The normalized spacial score (nSPS) is 13.8. The first kappa shape index (κ1) is 27.5. The van der Waals surface area contributed by atoms with E-state index in [4.69, 9.17) is 9.72 Å². The van der Waals surface area contributed by atoms with E-state index in [1.807, 2.05) is 57.4 Å². The van der Waals surface area contributed by atoms with E-state index >= 15 is 0 Å². The number of hydrogen-bond acceptors (Lipinski definition) is 6. The molecule has 3 heterocycles. The van der Waals surface area contributed by atoms with Gasteiger partial charge in [0.15, 0.2) is 5.65 Å². The first-order chi connectivity index (χ1) is 19.0. The maximum absolute atomic E-state index is 12.3. The number of aromatic nitrogens is 3. The van der Waals surface area contributed by atoms with Crippen LogP contribution in [-0.2, 0) is 22.5 Å². The van der Waals surface area contributed by atoms with Crippen molar-refractivity contribution in [2.24, 2.45) is 0 Å². The Hall–Kier alpha value is -4.04. The number of hydrogen-bond donors (Lipinski definition) is 1. The lowest BCUT2D eigenvalue weighted by Gasteiger charge is -2.30. The summed E-state index contributed by atoms with van der Waals surface area (Å²) in [5.74, 6) is -0.178. The standard InChI is InChI=1S/C32H37N5O3/c1-20-15-24(16-23-11-13-37(19-26(20)23)14-12-28(38)40-32(2,3)4)27-18-34-30-29(35-27)25(17-33-30)21-7-9-22(10-8-21)31(39)36(5)6/h7-10,15-18H,11-14,19H2,1-6H3,(H,33,34). The van der Waals surface area contributed by atoms with Gasteiger partial charge < -0.3 is 14.6 Å². The van der Waals surface area contributed by atoms with Crippen molar-refractivity contribution in [2.45, 2.75) is 52.7 Å². The smallest absolute Gasteiger partial charge is 0.307 e. The highest BCUT2D eigenvalue weighted by Gasteiger charge is 2.22. The summed E-state index contributed by atoms with van der Waals surface area (Å²) in [7, 11) is 3.50. The van der Waals surface area contributed by atoms with E-state index in [2.05, 4.69) is 33.9 Å². The van der Waals surface area contributed by atoms with Crippen LogP contribution in [0.25, 0.3) is 33.5 Å². The molecule has 1 aliphatic rings. The Morgan fingerprint density at radius 2 is 1.85 bits per heavy atom. The van der Waals surface area contributed by atoms with Crippen molar-refractivity contribution in [3.63, 3.8) is 0 Å². The fourth-order valence-corrected chi connectivity index (χ4v) is 5.20. The Morgan fingerprint density at radius 1 is 1.10 bits per heavy atom. The van der Waals surface area contributed by atoms with E-state index < -0.39 is 5.60 Å². The van der Waals surface area contributed by atoms with Crippen LogP contribution in [-0.4, -0.2) is 69.4 Å². The Labute approximate surface area is 235 Å². The van der Waals surface area contributed by atoms with Gasteiger partial charge in [0.25, 0.3) is 5.91 Å². The van der Waals surface area contributed by atoms with Crippen molar-refractivity contribution in [1.82, 2.24) is 24.8 Å². The summed E-state index contributed by atoms with van der Waals surface area (Å²) >= 11 is 0. The molecule has 2 aromatic carbocycles. The molecule has 0 aliphatic carbocycles. The van der Waals surface area contributed by atoms with Crippen LogP contribution in [0.4, 0.5) is 0 Å². The molecule has 0 saturated carbocycles. The van der Waals surface area contributed by atoms with Gasteiger partial charge in [0.05, 0.1) is 18.3 Å². The highest BCUT2D eigenvalue weighted by atomic mass is 16.6. The molecule has 0 unspecified atom stereocenters. The Morgan fingerprint density at radius 3 is 2.55 bits per heavy atom. The molecule has 2 aromatic heterocycles. The molecule has 0 bridgehead atoms. The van der Waals surface area contributed by atoms with Crippen molar-refractivity contribution < 1.29 is 14.3 Å². The Bertz CT molecular complexity index is 1560. The third-order valence-corrected chi connectivity index (χ3v) is 7.22. The molecule has 1 N–H and O–H groups in total. The highest BCUT2D eigenvalue weighted by Crippen LogP contribution is 2.32. The molecule has 0 fully saturated rings. The monoisotopic (exact) mass is 539 g/mol. The van der Waals surface area contributed by atoms with E-state index in [9.17, 15) is 9.59 Å². The van der Waals surface area contributed by atoms with Gasteiger partial charge in [0.1, 0.15) is 11.1 Å². The molecule has 0 radical (unpaired) electrons. The van der Waals surface area contributed by atoms with Gasteiger partial charge >= 0.3 is 5.97 Å². The second kappa shape index (κ2) is 10.8. The van der Waals surface area contributed by atoms with E-state index in [0.717, 1.165) is 53.1 Å². The number of carbonyl (C=O) groups excluding carboxylic acids is 2. The second-order valence-electron chi connectivity index (χ2n) is 11.7. The first-order valence-corrected chi connectivity index (χ1v) is 13.7. The van der Waals surface area contributed by atoms with Crippen LogP contribution in [0.15, 0.2) is 48.8 Å². The van der Waals surface area contributed by atoms with Crippen molar-refractivity contribution in [2.75, 3.05) is 27.2 Å². The zero-order chi connectivity index (χ0) is 28.6. The number of ether oxygens (including phenoxy) is 1. The van der Waals surface area contributed by atoms with E-state index in [1.54, 1.807) is 19.0 Å². The molecule has 1 aliphatic heterocycles. The van der Waals surface area contributed by atoms with Gasteiger partial charge in [-0.2, -0.15) is 0 Å². The fraction of sp³-hybridized carbons (Fsp3) is 0.375. The summed E-state index contributed by atoms with van der Waals surface area (Å²) in [5, 5.41) is 0. The molecule has 8 heteroatoms. The molecule has 4 aromatic rings. The summed E-state index contributed by atoms with van der Waals surface area (Å²) < 4.78 is 5.48. The molecule has 0 spiro atoms. The molecule has 0 saturated heterocycles. The summed E-state index contributed by atoms with van der Waals surface area (Å²) in [4.78, 5) is 41.3. The molecule has 8 nitrogen and oxygen atoms in total. The Kier molecular flexibility index (Phi) is 7.47. The van der Waals surface area contributed by atoms with Gasteiger partial charge in [0.2, 0.25) is 0 Å². The zero-order valence-corrected chi connectivity index (χ0v) is 24.2. The van der Waals surface area contributed by atoms with Crippen LogP contribution in [0.2, 0.25) is 0 Å². The van der Waals surface area contributed by atoms with Crippen molar-refractivity contribution in [3.8, 4) is 22.4 Å². The first-order valence-electron chi connectivity index (χ1n) is 13.7. The summed E-state index contributed by atoms with van der Waals surface area (Å²) in [6.07, 6.45) is 5.05. The van der Waals surface area contributed by atoms with Crippen LogP contribution in [0.5, 0.6) is 0 Å². The van der Waals surface area contributed by atoms with Gasteiger partial charge in [-0.1, -0.05) is 12.1 Å². The third kappa shape index (κ3) is 5.92. The predicted molar refractivity (Wildman–Crippen MR) is 157 cm³/mol. The van der Waals surface area contributed by atoms with Crippen LogP contribution >= 0.6 is 0 Å². The number of rotatable bonds is 6. The second-order valence-corrected chi connectivity index (χ2v) is 11.7. The number of aryl methyl sites for hydroxylation is 1. The Balaban J connectivity index is 1.36. The number of benzene rings is 2. The van der Waals surface area contributed by atoms with Crippen LogP contribution in [0.1, 0.15) is 54.2 Å². The summed E-state index contributed by atoms with van der Waals surface area (Å²) in [5.41, 5.74) is 9.37. The molecule has 5 rings (SSSR count). The number of aromatic amines is 1. The van der Waals surface area contributed by atoms with Gasteiger partial charge in [0, 0.05) is 56.6 Å². The molecular formula is C32H37N5O3. The van der Waals surface area contributed by atoms with E-state index in [-0.39, 0.29) is 11.9 Å². The third-order valence-electron chi connectivity index (χ3n) is 7.22. The largest absolute Gasteiger partial charge is 0.460 e. The lowest BCUT2D eigenvalue weighted by atomic mass is 9.92. The predicted octanol–water partition coefficient (Wildman–Crippen LogP) is 5.39. The summed E-state index contributed by atoms with van der Waals surface area (Å²) in [6.45, 7) is 10.3. The van der Waals surface area contributed by atoms with E-state index in [1.165, 1.54) is 16.7 Å². The number of esters is 1. The average molecular weight is 540 g/mol. The van der Waals surface area contributed by atoms with Gasteiger partial charge in [-0.3, -0.25) is 14.5 Å². The number of amides is 1. The minimum atomic E-state index is -0.456. The lowest BCUT2D eigenvalue weighted by molar-refractivity contribution is -0.155. The summed E-state index contributed by atoms with van der Waals surface area (Å²) in [6, 6.07) is 12.0. The number of H-pyrrole nitrogens is 1. The van der Waals surface area contributed by atoms with Crippen molar-refractivity contribution in [3.05, 3.63) is 71.0 Å². The number of fused-ring (bicyclic) bond motifs is 2. The molecular weight excluding hydrogens is 502 g/mol.